The lowest BCUT2D eigenvalue weighted by Gasteiger charge is -2.22. The zero-order valence-corrected chi connectivity index (χ0v) is 16.9. The predicted molar refractivity (Wildman–Crippen MR) is 110 cm³/mol. The summed E-state index contributed by atoms with van der Waals surface area (Å²) in [6.45, 7) is 4.25. The minimum atomic E-state index is -0.659. The summed E-state index contributed by atoms with van der Waals surface area (Å²) in [6.07, 6.45) is 0.900. The number of phenols is 3. The third-order valence-corrected chi connectivity index (χ3v) is 5.04. The van der Waals surface area contributed by atoms with Crippen LogP contribution in [0.2, 0.25) is 0 Å². The molecular weight excluding hydrogens is 388 g/mol. The van der Waals surface area contributed by atoms with Crippen molar-refractivity contribution in [2.24, 2.45) is 0 Å². The first-order valence-electron chi connectivity index (χ1n) is 9.92. The highest BCUT2D eigenvalue weighted by molar-refractivity contribution is 5.95. The van der Waals surface area contributed by atoms with Gasteiger partial charge in [-0.2, -0.15) is 0 Å². The quantitative estimate of drug-likeness (QED) is 0.647. The van der Waals surface area contributed by atoms with Gasteiger partial charge in [0.05, 0.1) is 13.0 Å². The largest absolute Gasteiger partial charge is 0.504 e. The van der Waals surface area contributed by atoms with Crippen molar-refractivity contribution in [2.75, 3.05) is 32.8 Å². The highest BCUT2D eigenvalue weighted by Crippen LogP contribution is 2.35. The van der Waals surface area contributed by atoms with Crippen LogP contribution in [0, 0.1) is 0 Å². The molecule has 3 N–H and O–H groups in total. The van der Waals surface area contributed by atoms with Crippen LogP contribution < -0.4 is 4.74 Å². The number of carbonyl (C=O) groups excluding carboxylic acids is 2. The van der Waals surface area contributed by atoms with Crippen LogP contribution in [0.1, 0.15) is 29.3 Å². The van der Waals surface area contributed by atoms with Gasteiger partial charge in [0, 0.05) is 31.7 Å². The lowest BCUT2D eigenvalue weighted by molar-refractivity contribution is -0.130. The first kappa shape index (κ1) is 21.3. The molecular formula is C22H26N2O6. The maximum absolute atomic E-state index is 12.7. The fraction of sp³-hybridized carbons (Fsp3) is 0.364. The molecule has 30 heavy (non-hydrogen) atoms. The van der Waals surface area contributed by atoms with E-state index in [4.69, 9.17) is 4.74 Å². The molecule has 1 fully saturated rings. The lowest BCUT2D eigenvalue weighted by atomic mass is 10.1. The van der Waals surface area contributed by atoms with Gasteiger partial charge in [-0.3, -0.25) is 9.59 Å². The number of ether oxygens (including phenoxy) is 1. The van der Waals surface area contributed by atoms with Crippen LogP contribution >= 0.6 is 0 Å². The molecule has 8 heteroatoms. The topological polar surface area (TPSA) is 111 Å². The second-order valence-corrected chi connectivity index (χ2v) is 7.14. The molecule has 1 heterocycles. The van der Waals surface area contributed by atoms with Crippen LogP contribution in [0.4, 0.5) is 0 Å². The maximum Gasteiger partial charge on any atom is 0.254 e. The fourth-order valence-corrected chi connectivity index (χ4v) is 3.44. The number of hydrogen-bond donors (Lipinski definition) is 3. The van der Waals surface area contributed by atoms with Gasteiger partial charge in [-0.15, -0.1) is 0 Å². The van der Waals surface area contributed by atoms with Crippen LogP contribution in [-0.2, 0) is 11.2 Å². The summed E-state index contributed by atoms with van der Waals surface area (Å²) < 4.78 is 5.41. The first-order chi connectivity index (χ1) is 14.4. The molecule has 1 aliphatic heterocycles. The number of carbonyl (C=O) groups is 2. The molecule has 0 saturated carbocycles. The number of aromatic hydroxyl groups is 3. The average Bonchev–Trinajstić information content (AvgIpc) is 2.99. The Balaban J connectivity index is 1.60. The number of benzene rings is 2. The Morgan fingerprint density at radius 2 is 1.53 bits per heavy atom. The molecule has 1 saturated heterocycles. The van der Waals surface area contributed by atoms with Crippen LogP contribution in [0.15, 0.2) is 36.4 Å². The molecule has 8 nitrogen and oxygen atoms in total. The summed E-state index contributed by atoms with van der Waals surface area (Å²) in [5.74, 6) is -1.38. The minimum Gasteiger partial charge on any atom is -0.504 e. The van der Waals surface area contributed by atoms with E-state index in [2.05, 4.69) is 0 Å². The van der Waals surface area contributed by atoms with Crippen LogP contribution in [0.3, 0.4) is 0 Å². The van der Waals surface area contributed by atoms with E-state index < -0.39 is 17.2 Å². The first-order valence-corrected chi connectivity index (χ1v) is 9.92. The monoisotopic (exact) mass is 414 g/mol. The van der Waals surface area contributed by atoms with E-state index in [0.29, 0.717) is 39.2 Å². The average molecular weight is 414 g/mol. The van der Waals surface area contributed by atoms with Gasteiger partial charge in [-0.25, -0.2) is 0 Å². The van der Waals surface area contributed by atoms with E-state index in [1.54, 1.807) is 9.80 Å². The summed E-state index contributed by atoms with van der Waals surface area (Å²) >= 11 is 0. The molecule has 1 aliphatic rings. The smallest absolute Gasteiger partial charge is 0.254 e. The van der Waals surface area contributed by atoms with E-state index in [1.807, 2.05) is 31.2 Å². The molecule has 0 bridgehead atoms. The number of hydrogen-bond acceptors (Lipinski definition) is 6. The highest BCUT2D eigenvalue weighted by atomic mass is 16.5. The Bertz CT molecular complexity index is 889. The Morgan fingerprint density at radius 3 is 2.17 bits per heavy atom. The lowest BCUT2D eigenvalue weighted by Crippen LogP contribution is -2.38. The van der Waals surface area contributed by atoms with Gasteiger partial charge in [0.2, 0.25) is 5.91 Å². The van der Waals surface area contributed by atoms with Gasteiger partial charge in [0.25, 0.3) is 5.91 Å². The van der Waals surface area contributed by atoms with Gasteiger partial charge < -0.3 is 29.9 Å². The molecule has 0 radical (unpaired) electrons. The van der Waals surface area contributed by atoms with E-state index in [1.165, 1.54) is 0 Å². The molecule has 3 rings (SSSR count). The molecule has 0 aromatic heterocycles. The number of rotatable bonds is 5. The fourth-order valence-electron chi connectivity index (χ4n) is 3.44. The standard InChI is InChI=1S/C22H26N2O6/c1-2-30-17-6-4-15(5-7-17)12-20(27)23-8-3-9-24(11-10-23)22(29)16-13-18(25)21(28)19(26)14-16/h4-7,13-14,25-26,28H,2-3,8-12H2,1H3. The van der Waals surface area contributed by atoms with E-state index in [0.717, 1.165) is 23.4 Å². The van der Waals surface area contributed by atoms with Crippen LogP contribution in [0.25, 0.3) is 0 Å². The van der Waals surface area contributed by atoms with Crippen molar-refractivity contribution in [1.82, 2.24) is 9.80 Å². The summed E-state index contributed by atoms with van der Waals surface area (Å²) in [4.78, 5) is 28.8. The van der Waals surface area contributed by atoms with E-state index >= 15 is 0 Å². The van der Waals surface area contributed by atoms with Gasteiger partial charge in [-0.05, 0) is 43.2 Å². The molecule has 0 unspecified atom stereocenters. The molecule has 2 aromatic rings. The van der Waals surface area contributed by atoms with Crippen molar-refractivity contribution in [3.05, 3.63) is 47.5 Å². The zero-order chi connectivity index (χ0) is 21.7. The van der Waals surface area contributed by atoms with Crippen molar-refractivity contribution >= 4 is 11.8 Å². The van der Waals surface area contributed by atoms with Crippen molar-refractivity contribution < 1.29 is 29.6 Å². The molecule has 160 valence electrons. The number of amides is 2. The van der Waals surface area contributed by atoms with Gasteiger partial charge >= 0.3 is 0 Å². The Labute approximate surface area is 174 Å². The second kappa shape index (κ2) is 9.39. The van der Waals surface area contributed by atoms with Gasteiger partial charge in [0.15, 0.2) is 17.2 Å². The Kier molecular flexibility index (Phi) is 6.66. The van der Waals surface area contributed by atoms with Crippen molar-refractivity contribution in [3.63, 3.8) is 0 Å². The summed E-state index contributed by atoms with van der Waals surface area (Å²) in [7, 11) is 0. The maximum atomic E-state index is 12.7. The van der Waals surface area contributed by atoms with E-state index in [-0.39, 0.29) is 23.8 Å². The molecule has 2 amide bonds. The number of nitrogens with zero attached hydrogens (tertiary/aromatic N) is 2. The van der Waals surface area contributed by atoms with Gasteiger partial charge in [0.1, 0.15) is 5.75 Å². The molecule has 2 aromatic carbocycles. The Hall–Kier alpha value is -3.42. The second-order valence-electron chi connectivity index (χ2n) is 7.14. The van der Waals surface area contributed by atoms with Crippen molar-refractivity contribution in [1.29, 1.82) is 0 Å². The van der Waals surface area contributed by atoms with Crippen LogP contribution in [-0.4, -0.2) is 69.7 Å². The highest BCUT2D eigenvalue weighted by Gasteiger charge is 2.24. The summed E-state index contributed by atoms with van der Waals surface area (Å²) in [5, 5.41) is 28.7. The number of phenolic OH excluding ortho intramolecular Hbond substituents is 3. The molecule has 0 aliphatic carbocycles. The van der Waals surface area contributed by atoms with Crippen molar-refractivity contribution in [2.45, 2.75) is 19.8 Å². The Morgan fingerprint density at radius 1 is 0.933 bits per heavy atom. The third kappa shape index (κ3) is 4.94. The summed E-state index contributed by atoms with van der Waals surface area (Å²) in [6, 6.07) is 9.68. The SMILES string of the molecule is CCOc1ccc(CC(=O)N2CCCN(C(=O)c3cc(O)c(O)c(O)c3)CC2)cc1. The summed E-state index contributed by atoms with van der Waals surface area (Å²) in [5.41, 5.74) is 0.979. The zero-order valence-electron chi connectivity index (χ0n) is 16.9. The minimum absolute atomic E-state index is 0.00613. The predicted octanol–water partition coefficient (Wildman–Crippen LogP) is 2.12. The third-order valence-electron chi connectivity index (χ3n) is 5.04. The molecule has 0 atom stereocenters. The van der Waals surface area contributed by atoms with Crippen molar-refractivity contribution in [3.8, 4) is 23.0 Å². The van der Waals surface area contributed by atoms with Gasteiger partial charge in [-0.1, -0.05) is 12.1 Å². The van der Waals surface area contributed by atoms with E-state index in [9.17, 15) is 24.9 Å². The van der Waals surface area contributed by atoms with Crippen LogP contribution in [0.5, 0.6) is 23.0 Å². The normalized spacial score (nSPS) is 14.3. The molecule has 0 spiro atoms.